The van der Waals surface area contributed by atoms with E-state index in [4.69, 9.17) is 5.73 Å². The van der Waals surface area contributed by atoms with Crippen LogP contribution in [-0.2, 0) is 6.18 Å². The molecule has 2 rings (SSSR count). The summed E-state index contributed by atoms with van der Waals surface area (Å²) in [5, 5.41) is 0. The summed E-state index contributed by atoms with van der Waals surface area (Å²) in [6.45, 7) is 0. The largest absolute Gasteiger partial charge is 0.417 e. The van der Waals surface area contributed by atoms with E-state index in [1.807, 2.05) is 0 Å². The number of anilines is 1. The maximum Gasteiger partial charge on any atom is 0.417 e. The Morgan fingerprint density at radius 3 is 2.06 bits per heavy atom. The molecule has 0 saturated carbocycles. The molecular formula is C13H10F3N. The smallest absolute Gasteiger partial charge is 0.398 e. The Labute approximate surface area is 96.7 Å². The van der Waals surface area contributed by atoms with Gasteiger partial charge in [0.2, 0.25) is 0 Å². The molecule has 0 saturated heterocycles. The van der Waals surface area contributed by atoms with Crippen LogP contribution < -0.4 is 5.73 Å². The van der Waals surface area contributed by atoms with Gasteiger partial charge in [-0.2, -0.15) is 13.2 Å². The van der Waals surface area contributed by atoms with Gasteiger partial charge in [-0.25, -0.2) is 0 Å². The second-order valence-corrected chi connectivity index (χ2v) is 3.63. The first-order valence-corrected chi connectivity index (χ1v) is 5.01. The lowest BCUT2D eigenvalue weighted by molar-refractivity contribution is -0.137. The highest BCUT2D eigenvalue weighted by atomic mass is 19.4. The number of rotatable bonds is 1. The summed E-state index contributed by atoms with van der Waals surface area (Å²) in [4.78, 5) is 0. The van der Waals surface area contributed by atoms with Gasteiger partial charge in [0.05, 0.1) is 5.56 Å². The van der Waals surface area contributed by atoms with Crippen LogP contribution in [0.4, 0.5) is 18.9 Å². The fourth-order valence-corrected chi connectivity index (χ4v) is 1.73. The van der Waals surface area contributed by atoms with E-state index in [9.17, 15) is 13.2 Å². The molecule has 0 radical (unpaired) electrons. The molecule has 0 heterocycles. The van der Waals surface area contributed by atoms with E-state index < -0.39 is 11.7 Å². The van der Waals surface area contributed by atoms with Crippen molar-refractivity contribution in [2.45, 2.75) is 6.18 Å². The molecule has 0 amide bonds. The van der Waals surface area contributed by atoms with Gasteiger partial charge in [-0.05, 0) is 17.7 Å². The minimum atomic E-state index is -4.40. The van der Waals surface area contributed by atoms with Gasteiger partial charge in [0.1, 0.15) is 0 Å². The standard InChI is InChI=1S/C13H10F3N/c14-13(15,16)10-7-4-8-11(17)12(10)9-5-2-1-3-6-9/h1-8H,17H2. The average molecular weight is 237 g/mol. The first-order valence-electron chi connectivity index (χ1n) is 5.01. The number of hydrogen-bond acceptors (Lipinski definition) is 1. The molecule has 0 aliphatic carbocycles. The summed E-state index contributed by atoms with van der Waals surface area (Å²) in [7, 11) is 0. The Hall–Kier alpha value is -1.97. The van der Waals surface area contributed by atoms with E-state index >= 15 is 0 Å². The SMILES string of the molecule is Nc1cccc(C(F)(F)F)c1-c1ccccc1. The second kappa shape index (κ2) is 4.13. The third kappa shape index (κ3) is 2.25. The molecule has 4 heteroatoms. The van der Waals surface area contributed by atoms with E-state index in [2.05, 4.69) is 0 Å². The number of halogens is 3. The lowest BCUT2D eigenvalue weighted by Gasteiger charge is -2.14. The molecule has 0 atom stereocenters. The molecule has 2 aromatic carbocycles. The Balaban J connectivity index is 2.69. The molecule has 0 fully saturated rings. The van der Waals surface area contributed by atoms with E-state index in [1.54, 1.807) is 30.3 Å². The third-order valence-electron chi connectivity index (χ3n) is 2.46. The summed E-state index contributed by atoms with van der Waals surface area (Å²) in [5.41, 5.74) is 5.59. The van der Waals surface area contributed by atoms with Crippen molar-refractivity contribution in [1.29, 1.82) is 0 Å². The predicted octanol–water partition coefficient (Wildman–Crippen LogP) is 3.95. The molecule has 2 N–H and O–H groups in total. The molecule has 17 heavy (non-hydrogen) atoms. The van der Waals surface area contributed by atoms with Crippen molar-refractivity contribution in [3.63, 3.8) is 0 Å². The van der Waals surface area contributed by atoms with Gasteiger partial charge in [-0.1, -0.05) is 36.4 Å². The van der Waals surface area contributed by atoms with Crippen LogP contribution >= 0.6 is 0 Å². The molecule has 88 valence electrons. The summed E-state index contributed by atoms with van der Waals surface area (Å²) in [6, 6.07) is 12.2. The predicted molar refractivity (Wildman–Crippen MR) is 61.3 cm³/mol. The molecular weight excluding hydrogens is 227 g/mol. The monoisotopic (exact) mass is 237 g/mol. The van der Waals surface area contributed by atoms with Crippen LogP contribution in [0.15, 0.2) is 48.5 Å². The summed E-state index contributed by atoms with van der Waals surface area (Å²) in [5.74, 6) is 0. The Bertz CT molecular complexity index is 518. The lowest BCUT2D eigenvalue weighted by atomic mass is 9.97. The molecule has 0 aliphatic rings. The zero-order valence-electron chi connectivity index (χ0n) is 8.83. The van der Waals surface area contributed by atoms with Crippen molar-refractivity contribution in [3.05, 3.63) is 54.1 Å². The summed E-state index contributed by atoms with van der Waals surface area (Å²) >= 11 is 0. The summed E-state index contributed by atoms with van der Waals surface area (Å²) in [6.07, 6.45) is -4.40. The van der Waals surface area contributed by atoms with Gasteiger partial charge in [-0.15, -0.1) is 0 Å². The van der Waals surface area contributed by atoms with Gasteiger partial charge in [0.15, 0.2) is 0 Å². The highest BCUT2D eigenvalue weighted by Crippen LogP contribution is 2.39. The highest BCUT2D eigenvalue weighted by molar-refractivity contribution is 5.79. The number of alkyl halides is 3. The second-order valence-electron chi connectivity index (χ2n) is 3.63. The van der Waals surface area contributed by atoms with Crippen molar-refractivity contribution >= 4 is 5.69 Å². The molecule has 2 aromatic rings. The highest BCUT2D eigenvalue weighted by Gasteiger charge is 2.34. The molecule has 0 aromatic heterocycles. The Kier molecular flexibility index (Phi) is 2.79. The van der Waals surface area contributed by atoms with Crippen molar-refractivity contribution < 1.29 is 13.2 Å². The molecule has 1 nitrogen and oxygen atoms in total. The van der Waals surface area contributed by atoms with Gasteiger partial charge in [-0.3, -0.25) is 0 Å². The fraction of sp³-hybridized carbons (Fsp3) is 0.0769. The van der Waals surface area contributed by atoms with Crippen LogP contribution in [0.5, 0.6) is 0 Å². The molecule has 0 bridgehead atoms. The fourth-order valence-electron chi connectivity index (χ4n) is 1.73. The zero-order chi connectivity index (χ0) is 12.5. The van der Waals surface area contributed by atoms with Crippen molar-refractivity contribution in [1.82, 2.24) is 0 Å². The van der Waals surface area contributed by atoms with Crippen molar-refractivity contribution in [2.75, 3.05) is 5.73 Å². The molecule has 0 unspecified atom stereocenters. The minimum absolute atomic E-state index is 0.0422. The lowest BCUT2D eigenvalue weighted by Crippen LogP contribution is -2.08. The first-order chi connectivity index (χ1) is 8.00. The number of nitrogen functional groups attached to an aromatic ring is 1. The maximum atomic E-state index is 12.9. The van der Waals surface area contributed by atoms with Gasteiger partial charge in [0, 0.05) is 11.3 Å². The van der Waals surface area contributed by atoms with E-state index in [0.717, 1.165) is 6.07 Å². The van der Waals surface area contributed by atoms with E-state index in [1.165, 1.54) is 12.1 Å². The van der Waals surface area contributed by atoms with E-state index in [0.29, 0.717) is 5.56 Å². The van der Waals surface area contributed by atoms with Crippen LogP contribution in [0.1, 0.15) is 5.56 Å². The van der Waals surface area contributed by atoms with Crippen molar-refractivity contribution in [3.8, 4) is 11.1 Å². The zero-order valence-corrected chi connectivity index (χ0v) is 8.83. The van der Waals surface area contributed by atoms with E-state index in [-0.39, 0.29) is 11.3 Å². The Morgan fingerprint density at radius 2 is 1.47 bits per heavy atom. The molecule has 0 spiro atoms. The van der Waals surface area contributed by atoms with Gasteiger partial charge < -0.3 is 5.73 Å². The third-order valence-corrected chi connectivity index (χ3v) is 2.46. The van der Waals surface area contributed by atoms with Gasteiger partial charge >= 0.3 is 6.18 Å². The minimum Gasteiger partial charge on any atom is -0.398 e. The normalized spacial score (nSPS) is 11.5. The van der Waals surface area contributed by atoms with Gasteiger partial charge in [0.25, 0.3) is 0 Å². The maximum absolute atomic E-state index is 12.9. The number of nitrogens with two attached hydrogens (primary N) is 1. The average Bonchev–Trinajstić information content (AvgIpc) is 2.28. The van der Waals surface area contributed by atoms with Crippen LogP contribution in [0, 0.1) is 0 Å². The van der Waals surface area contributed by atoms with Crippen LogP contribution in [-0.4, -0.2) is 0 Å². The Morgan fingerprint density at radius 1 is 0.824 bits per heavy atom. The quantitative estimate of drug-likeness (QED) is 0.746. The van der Waals surface area contributed by atoms with Crippen LogP contribution in [0.3, 0.4) is 0 Å². The summed E-state index contributed by atoms with van der Waals surface area (Å²) < 4.78 is 38.6. The van der Waals surface area contributed by atoms with Crippen molar-refractivity contribution in [2.24, 2.45) is 0 Å². The number of benzene rings is 2. The topological polar surface area (TPSA) is 26.0 Å². The van der Waals surface area contributed by atoms with Crippen LogP contribution in [0.25, 0.3) is 11.1 Å². The first kappa shape index (κ1) is 11.5. The number of hydrogen-bond donors (Lipinski definition) is 1. The molecule has 0 aliphatic heterocycles. The van der Waals surface area contributed by atoms with Crippen LogP contribution in [0.2, 0.25) is 0 Å².